The zero-order valence-corrected chi connectivity index (χ0v) is 12.9. The molecule has 2 rings (SSSR count). The second-order valence-corrected chi connectivity index (χ2v) is 6.85. The van der Waals surface area contributed by atoms with Gasteiger partial charge in [0.1, 0.15) is 5.02 Å². The SMILES string of the molecule is CC(Cc1ccccc1)NS(=O)(=O)c1c[nH]c(=O)c(Cl)c1. The van der Waals surface area contributed by atoms with E-state index in [9.17, 15) is 13.2 Å². The average molecular weight is 327 g/mol. The van der Waals surface area contributed by atoms with Gasteiger partial charge >= 0.3 is 0 Å². The molecule has 1 aromatic carbocycles. The fraction of sp³-hybridized carbons (Fsp3) is 0.214. The number of pyridine rings is 1. The van der Waals surface area contributed by atoms with Crippen molar-refractivity contribution >= 4 is 21.6 Å². The van der Waals surface area contributed by atoms with Crippen molar-refractivity contribution in [1.82, 2.24) is 9.71 Å². The zero-order valence-electron chi connectivity index (χ0n) is 11.3. The fourth-order valence-corrected chi connectivity index (χ4v) is 3.41. The summed E-state index contributed by atoms with van der Waals surface area (Å²) >= 11 is 5.65. The molecular formula is C14H15ClN2O3S. The summed E-state index contributed by atoms with van der Waals surface area (Å²) in [6.45, 7) is 1.78. The van der Waals surface area contributed by atoms with Crippen LogP contribution in [0.15, 0.2) is 52.3 Å². The van der Waals surface area contributed by atoms with Gasteiger partial charge in [-0.25, -0.2) is 13.1 Å². The molecule has 0 radical (unpaired) electrons. The Bertz CT molecular complexity index is 772. The molecule has 1 unspecified atom stereocenters. The normalized spacial score (nSPS) is 13.0. The molecule has 0 fully saturated rings. The van der Waals surface area contributed by atoms with Crippen molar-refractivity contribution in [2.24, 2.45) is 0 Å². The molecule has 0 saturated carbocycles. The molecule has 0 saturated heterocycles. The highest BCUT2D eigenvalue weighted by atomic mass is 35.5. The highest BCUT2D eigenvalue weighted by molar-refractivity contribution is 7.89. The summed E-state index contributed by atoms with van der Waals surface area (Å²) in [4.78, 5) is 13.4. The molecule has 112 valence electrons. The number of nitrogens with one attached hydrogen (secondary N) is 2. The minimum atomic E-state index is -3.72. The van der Waals surface area contributed by atoms with Gasteiger partial charge in [-0.2, -0.15) is 0 Å². The summed E-state index contributed by atoms with van der Waals surface area (Å²) in [6.07, 6.45) is 1.70. The molecule has 2 N–H and O–H groups in total. The molecule has 1 atom stereocenters. The van der Waals surface area contributed by atoms with E-state index in [2.05, 4.69) is 9.71 Å². The third-order valence-electron chi connectivity index (χ3n) is 2.88. The van der Waals surface area contributed by atoms with Crippen LogP contribution in [-0.2, 0) is 16.4 Å². The number of aromatic nitrogens is 1. The first-order chi connectivity index (χ1) is 9.88. The molecule has 0 aliphatic rings. The summed E-state index contributed by atoms with van der Waals surface area (Å²) in [5.41, 5.74) is 0.514. The van der Waals surface area contributed by atoms with Crippen molar-refractivity contribution in [3.8, 4) is 0 Å². The predicted octanol–water partition coefficient (Wildman–Crippen LogP) is 1.94. The van der Waals surface area contributed by atoms with Crippen LogP contribution >= 0.6 is 11.6 Å². The first-order valence-electron chi connectivity index (χ1n) is 6.33. The highest BCUT2D eigenvalue weighted by Crippen LogP contribution is 2.12. The van der Waals surface area contributed by atoms with E-state index in [-0.39, 0.29) is 16.0 Å². The van der Waals surface area contributed by atoms with Gasteiger partial charge in [0.2, 0.25) is 10.0 Å². The topological polar surface area (TPSA) is 79.0 Å². The van der Waals surface area contributed by atoms with Crippen molar-refractivity contribution < 1.29 is 8.42 Å². The van der Waals surface area contributed by atoms with Gasteiger partial charge in [0.25, 0.3) is 5.56 Å². The van der Waals surface area contributed by atoms with Crippen molar-refractivity contribution in [3.05, 3.63) is 63.5 Å². The summed E-state index contributed by atoms with van der Waals surface area (Å²) in [7, 11) is -3.72. The lowest BCUT2D eigenvalue weighted by Crippen LogP contribution is -2.34. The summed E-state index contributed by atoms with van der Waals surface area (Å²) in [6, 6.07) is 10.4. The number of sulfonamides is 1. The third-order valence-corrected chi connectivity index (χ3v) is 4.73. The third kappa shape index (κ3) is 4.17. The van der Waals surface area contributed by atoms with Gasteiger partial charge < -0.3 is 4.98 Å². The van der Waals surface area contributed by atoms with E-state index in [1.807, 2.05) is 30.3 Å². The van der Waals surface area contributed by atoms with Crippen LogP contribution in [0.4, 0.5) is 0 Å². The van der Waals surface area contributed by atoms with Crippen LogP contribution in [-0.4, -0.2) is 19.4 Å². The molecule has 0 bridgehead atoms. The van der Waals surface area contributed by atoms with Crippen LogP contribution in [0.2, 0.25) is 5.02 Å². The van der Waals surface area contributed by atoms with Crippen molar-refractivity contribution in [2.45, 2.75) is 24.3 Å². The standard InChI is InChI=1S/C14H15ClN2O3S/c1-10(7-11-5-3-2-4-6-11)17-21(19,20)12-8-13(15)14(18)16-9-12/h2-6,8-10,17H,7H2,1H3,(H,16,18). The van der Waals surface area contributed by atoms with E-state index in [1.54, 1.807) is 6.92 Å². The Morgan fingerprint density at radius 2 is 1.95 bits per heavy atom. The highest BCUT2D eigenvalue weighted by Gasteiger charge is 2.18. The van der Waals surface area contributed by atoms with Crippen molar-refractivity contribution in [3.63, 3.8) is 0 Å². The predicted molar refractivity (Wildman–Crippen MR) is 82.0 cm³/mol. The molecule has 5 nitrogen and oxygen atoms in total. The van der Waals surface area contributed by atoms with E-state index < -0.39 is 15.6 Å². The molecule has 0 aliphatic carbocycles. The van der Waals surface area contributed by atoms with Gasteiger partial charge in [-0.05, 0) is 25.0 Å². The lowest BCUT2D eigenvalue weighted by atomic mass is 10.1. The molecule has 7 heteroatoms. The Labute approximate surface area is 128 Å². The number of aromatic amines is 1. The second kappa shape index (κ2) is 6.43. The van der Waals surface area contributed by atoms with E-state index in [1.165, 1.54) is 0 Å². The molecule has 1 aromatic heterocycles. The molecule has 21 heavy (non-hydrogen) atoms. The van der Waals surface area contributed by atoms with E-state index in [0.717, 1.165) is 17.8 Å². The maximum absolute atomic E-state index is 12.2. The maximum Gasteiger partial charge on any atom is 0.266 e. The zero-order chi connectivity index (χ0) is 15.5. The minimum Gasteiger partial charge on any atom is -0.326 e. The van der Waals surface area contributed by atoms with E-state index in [0.29, 0.717) is 6.42 Å². The Morgan fingerprint density at radius 1 is 1.29 bits per heavy atom. The number of hydrogen-bond acceptors (Lipinski definition) is 3. The van der Waals surface area contributed by atoms with Crippen LogP contribution in [0, 0.1) is 0 Å². The Hall–Kier alpha value is -1.63. The Balaban J connectivity index is 2.13. The number of H-pyrrole nitrogens is 1. The molecule has 0 aliphatic heterocycles. The van der Waals surface area contributed by atoms with Crippen LogP contribution < -0.4 is 10.3 Å². The first kappa shape index (κ1) is 15.8. The molecule has 2 aromatic rings. The van der Waals surface area contributed by atoms with Gasteiger partial charge in [0.05, 0.1) is 4.90 Å². The largest absolute Gasteiger partial charge is 0.326 e. The molecular weight excluding hydrogens is 312 g/mol. The number of halogens is 1. The fourth-order valence-electron chi connectivity index (χ4n) is 1.94. The number of benzene rings is 1. The summed E-state index contributed by atoms with van der Waals surface area (Å²) in [5.74, 6) is 0. The average Bonchev–Trinajstić information content (AvgIpc) is 2.42. The van der Waals surface area contributed by atoms with Crippen LogP contribution in [0.5, 0.6) is 0 Å². The first-order valence-corrected chi connectivity index (χ1v) is 8.19. The molecule has 0 amide bonds. The molecule has 0 spiro atoms. The number of rotatable bonds is 5. The second-order valence-electron chi connectivity index (χ2n) is 4.72. The smallest absolute Gasteiger partial charge is 0.266 e. The van der Waals surface area contributed by atoms with Crippen LogP contribution in [0.1, 0.15) is 12.5 Å². The van der Waals surface area contributed by atoms with Crippen molar-refractivity contribution in [2.75, 3.05) is 0 Å². The summed E-state index contributed by atoms with van der Waals surface area (Å²) in [5, 5.41) is -0.159. The van der Waals surface area contributed by atoms with Gasteiger partial charge in [-0.1, -0.05) is 41.9 Å². The van der Waals surface area contributed by atoms with Crippen LogP contribution in [0.3, 0.4) is 0 Å². The van der Waals surface area contributed by atoms with E-state index in [4.69, 9.17) is 11.6 Å². The van der Waals surface area contributed by atoms with Gasteiger partial charge in [0, 0.05) is 12.2 Å². The Morgan fingerprint density at radius 3 is 2.57 bits per heavy atom. The molecule has 1 heterocycles. The number of hydrogen-bond donors (Lipinski definition) is 2. The van der Waals surface area contributed by atoms with Crippen LogP contribution in [0.25, 0.3) is 0 Å². The van der Waals surface area contributed by atoms with Gasteiger partial charge in [-0.3, -0.25) is 4.79 Å². The quantitative estimate of drug-likeness (QED) is 0.881. The monoisotopic (exact) mass is 326 g/mol. The minimum absolute atomic E-state index is 0.0630. The lowest BCUT2D eigenvalue weighted by Gasteiger charge is -2.14. The lowest BCUT2D eigenvalue weighted by molar-refractivity contribution is 0.559. The van der Waals surface area contributed by atoms with Gasteiger partial charge in [0.15, 0.2) is 0 Å². The maximum atomic E-state index is 12.2. The van der Waals surface area contributed by atoms with Gasteiger partial charge in [-0.15, -0.1) is 0 Å². The van der Waals surface area contributed by atoms with E-state index >= 15 is 0 Å². The van der Waals surface area contributed by atoms with Crippen molar-refractivity contribution in [1.29, 1.82) is 0 Å². The Kier molecular flexibility index (Phi) is 4.82. The summed E-state index contributed by atoms with van der Waals surface area (Å²) < 4.78 is 27.0.